The third-order valence-electron chi connectivity index (χ3n) is 3.26. The van der Waals surface area contributed by atoms with E-state index in [2.05, 4.69) is 10.6 Å². The smallest absolute Gasteiger partial charge is 0.320 e. The van der Waals surface area contributed by atoms with Crippen LogP contribution in [0.2, 0.25) is 0 Å². The largest absolute Gasteiger partial charge is 0.496 e. The Hall–Kier alpha value is -2.77. The van der Waals surface area contributed by atoms with E-state index in [0.29, 0.717) is 4.76 Å². The summed E-state index contributed by atoms with van der Waals surface area (Å²) in [5.74, 6) is -2.00. The number of carbonyl (C=O) groups is 1. The second-order valence-corrected chi connectivity index (χ2v) is 6.58. The molecule has 0 bridgehead atoms. The van der Waals surface area contributed by atoms with Gasteiger partial charge in [-0.1, -0.05) is 4.91 Å². The molecule has 1 aromatic carbocycles. The summed E-state index contributed by atoms with van der Waals surface area (Å²) in [6.45, 7) is 5.34. The molecule has 1 heterocycles. The molecular formula is C17H20F2N3O3+. The van der Waals surface area contributed by atoms with Crippen molar-refractivity contribution >= 4 is 11.6 Å². The Morgan fingerprint density at radius 3 is 2.28 bits per heavy atom. The van der Waals surface area contributed by atoms with Crippen molar-refractivity contribution in [3.8, 4) is 0 Å². The molecular weight excluding hydrogens is 332 g/mol. The van der Waals surface area contributed by atoms with Crippen molar-refractivity contribution in [1.82, 2.24) is 5.32 Å². The van der Waals surface area contributed by atoms with E-state index in [1.54, 1.807) is 20.8 Å². The average molecular weight is 352 g/mol. The van der Waals surface area contributed by atoms with Crippen LogP contribution in [-0.4, -0.2) is 29.4 Å². The molecule has 2 N–H and O–H groups in total. The van der Waals surface area contributed by atoms with E-state index in [1.807, 2.05) is 0 Å². The molecule has 1 aromatic rings. The Morgan fingerprint density at radius 2 is 1.76 bits per heavy atom. The highest BCUT2D eigenvalue weighted by Crippen LogP contribution is 2.22. The quantitative estimate of drug-likeness (QED) is 0.818. The number of anilines is 1. The lowest BCUT2D eigenvalue weighted by molar-refractivity contribution is -0.520. The molecule has 1 amide bonds. The van der Waals surface area contributed by atoms with Crippen LogP contribution >= 0.6 is 0 Å². The third kappa shape index (κ3) is 4.62. The number of benzene rings is 1. The fourth-order valence-corrected chi connectivity index (χ4v) is 2.30. The Bertz CT molecular complexity index is 747. The van der Waals surface area contributed by atoms with Crippen molar-refractivity contribution in [2.75, 3.05) is 12.4 Å². The topological polar surface area (TPSA) is 70.4 Å². The lowest BCUT2D eigenvalue weighted by Crippen LogP contribution is -2.51. The minimum atomic E-state index is -1.25. The number of rotatable bonds is 4. The molecule has 1 aliphatic rings. The lowest BCUT2D eigenvalue weighted by atomic mass is 10.1. The molecule has 2 rings (SSSR count). The second-order valence-electron chi connectivity index (χ2n) is 6.58. The second kappa shape index (κ2) is 7.00. The minimum Gasteiger partial charge on any atom is -0.496 e. The van der Waals surface area contributed by atoms with Gasteiger partial charge in [-0.2, -0.15) is 0 Å². The summed E-state index contributed by atoms with van der Waals surface area (Å²) >= 11 is 0. The molecule has 0 aromatic heterocycles. The lowest BCUT2D eigenvalue weighted by Gasteiger charge is -2.24. The maximum atomic E-state index is 13.3. The van der Waals surface area contributed by atoms with E-state index < -0.39 is 29.1 Å². The van der Waals surface area contributed by atoms with Crippen LogP contribution in [-0.2, 0) is 9.53 Å². The van der Waals surface area contributed by atoms with Crippen LogP contribution in [0.3, 0.4) is 0 Å². The van der Waals surface area contributed by atoms with Gasteiger partial charge in [-0.25, -0.2) is 14.1 Å². The van der Waals surface area contributed by atoms with Crippen LogP contribution in [0.5, 0.6) is 0 Å². The summed E-state index contributed by atoms with van der Waals surface area (Å²) in [5, 5.41) is 5.33. The highest BCUT2D eigenvalue weighted by atomic mass is 19.1. The molecule has 1 unspecified atom stereocenters. The third-order valence-corrected chi connectivity index (χ3v) is 3.26. The molecule has 25 heavy (non-hydrogen) atoms. The first-order valence-electron chi connectivity index (χ1n) is 7.58. The summed E-state index contributed by atoms with van der Waals surface area (Å²) < 4.78 is 32.1. The monoisotopic (exact) mass is 352 g/mol. The van der Waals surface area contributed by atoms with E-state index >= 15 is 0 Å². The Balaban J connectivity index is 2.29. The normalized spacial score (nSPS) is 17.5. The molecule has 0 spiro atoms. The number of carbonyl (C=O) groups excluding carboxylic acids is 1. The van der Waals surface area contributed by atoms with E-state index in [4.69, 9.17) is 4.74 Å². The van der Waals surface area contributed by atoms with Crippen molar-refractivity contribution in [3.63, 3.8) is 0 Å². The van der Waals surface area contributed by atoms with Gasteiger partial charge in [0.15, 0.2) is 5.76 Å². The Kier molecular flexibility index (Phi) is 5.20. The predicted octanol–water partition coefficient (Wildman–Crippen LogP) is 2.82. The average Bonchev–Trinajstić information content (AvgIpc) is 2.46. The van der Waals surface area contributed by atoms with Crippen molar-refractivity contribution in [2.45, 2.75) is 32.4 Å². The van der Waals surface area contributed by atoms with Gasteiger partial charge in [0.2, 0.25) is 0 Å². The number of hydrogen-bond donors (Lipinski definition) is 2. The zero-order chi connectivity index (χ0) is 18.8. The summed E-state index contributed by atoms with van der Waals surface area (Å²) in [6, 6.07) is 1.54. The predicted molar refractivity (Wildman–Crippen MR) is 88.5 cm³/mol. The van der Waals surface area contributed by atoms with Crippen LogP contribution < -0.4 is 10.6 Å². The van der Waals surface area contributed by atoms with Gasteiger partial charge in [-0.3, -0.25) is 4.79 Å². The molecule has 134 valence electrons. The number of nitroso groups, excluding NO2 is 1. The maximum Gasteiger partial charge on any atom is 0.320 e. The summed E-state index contributed by atoms with van der Waals surface area (Å²) in [7, 11) is 1.35. The highest BCUT2D eigenvalue weighted by Gasteiger charge is 2.41. The summed E-state index contributed by atoms with van der Waals surface area (Å²) in [6.07, 6.45) is 2.83. The molecule has 0 saturated carbocycles. The van der Waals surface area contributed by atoms with Crippen LogP contribution in [0, 0.1) is 16.5 Å². The molecule has 0 radical (unpaired) electrons. The Labute approximate surface area is 144 Å². The van der Waals surface area contributed by atoms with Crippen LogP contribution in [0.25, 0.3) is 0 Å². The fourth-order valence-electron chi connectivity index (χ4n) is 2.30. The Morgan fingerprint density at radius 1 is 1.16 bits per heavy atom. The van der Waals surface area contributed by atoms with Gasteiger partial charge in [0, 0.05) is 29.8 Å². The number of ether oxygens (including phenoxy) is 1. The first-order chi connectivity index (χ1) is 11.6. The number of nitrogens with one attached hydrogen (secondary N) is 2. The first kappa shape index (κ1) is 18.6. The first-order valence-corrected chi connectivity index (χ1v) is 7.58. The molecule has 8 heteroatoms. The van der Waals surface area contributed by atoms with Crippen LogP contribution in [0.1, 0.15) is 20.8 Å². The van der Waals surface area contributed by atoms with Gasteiger partial charge in [0.25, 0.3) is 11.9 Å². The molecule has 0 aliphatic carbocycles. The van der Waals surface area contributed by atoms with Gasteiger partial charge in [0.05, 0.1) is 7.11 Å². The molecule has 0 fully saturated rings. The standard InChI is InChI=1S/C17H19F2N3O3/c1-17(2,3)21-16(23)15-13(25-4)5-6-14(22(15)24)20-12-8-10(18)7-11(19)9-12/h5-9,15,20H,1-4H3/p+1. The van der Waals surface area contributed by atoms with Gasteiger partial charge in [-0.05, 0) is 31.6 Å². The summed E-state index contributed by atoms with van der Waals surface area (Å²) in [4.78, 5) is 25.1. The molecule has 1 atom stereocenters. The highest BCUT2D eigenvalue weighted by molar-refractivity contribution is 5.84. The molecule has 1 aliphatic heterocycles. The zero-order valence-electron chi connectivity index (χ0n) is 14.4. The number of methoxy groups -OCH3 is 1. The van der Waals surface area contributed by atoms with Gasteiger partial charge >= 0.3 is 5.82 Å². The number of amides is 1. The fraction of sp³-hybridized carbons (Fsp3) is 0.353. The van der Waals surface area contributed by atoms with Crippen molar-refractivity contribution in [1.29, 1.82) is 0 Å². The van der Waals surface area contributed by atoms with E-state index in [-0.39, 0.29) is 17.3 Å². The van der Waals surface area contributed by atoms with E-state index in [1.165, 1.54) is 19.3 Å². The van der Waals surface area contributed by atoms with Crippen molar-refractivity contribution in [2.24, 2.45) is 0 Å². The van der Waals surface area contributed by atoms with Gasteiger partial charge < -0.3 is 10.1 Å². The minimum absolute atomic E-state index is 0.0418. The van der Waals surface area contributed by atoms with Crippen molar-refractivity contribution < 1.29 is 23.1 Å². The molecule has 6 nitrogen and oxygen atoms in total. The number of nitrogens with zero attached hydrogens (tertiary/aromatic N) is 1. The molecule has 0 saturated heterocycles. The van der Waals surface area contributed by atoms with Gasteiger partial charge in [0.1, 0.15) is 17.3 Å². The SMILES string of the molecule is COC1=CC=C(Nc2cc(F)cc(F)c2)[N+](=O)C1C(=O)NC(C)(C)C. The number of allylic oxidation sites excluding steroid dienone is 2. The van der Waals surface area contributed by atoms with E-state index in [0.717, 1.165) is 18.2 Å². The number of hydrogen-bond acceptors (Lipinski definition) is 4. The van der Waals surface area contributed by atoms with Gasteiger partial charge in [-0.15, -0.1) is 0 Å². The van der Waals surface area contributed by atoms with Crippen LogP contribution in [0.15, 0.2) is 41.9 Å². The number of halogens is 2. The zero-order valence-corrected chi connectivity index (χ0v) is 14.4. The maximum absolute atomic E-state index is 13.3. The summed E-state index contributed by atoms with van der Waals surface area (Å²) in [5.41, 5.74) is -0.495. The van der Waals surface area contributed by atoms with Crippen molar-refractivity contribution in [3.05, 3.63) is 58.5 Å². The van der Waals surface area contributed by atoms with Crippen LogP contribution in [0.4, 0.5) is 14.5 Å². The van der Waals surface area contributed by atoms with E-state index in [9.17, 15) is 18.5 Å².